The second kappa shape index (κ2) is 16.1. The molecule has 1 aromatic rings. The van der Waals surface area contributed by atoms with Crippen molar-refractivity contribution in [2.45, 2.75) is 90.4 Å². The average molecular weight is 448 g/mol. The maximum absolute atomic E-state index is 10.4. The van der Waals surface area contributed by atoms with Gasteiger partial charge in [0.2, 0.25) is 0 Å². The van der Waals surface area contributed by atoms with Gasteiger partial charge >= 0.3 is 0 Å². The number of alkyl halides is 1. The number of quaternary nitrogens is 1. The largest absolute Gasteiger partial charge is 0.744 e. The molecule has 0 fully saturated rings. The third-order valence-corrected chi connectivity index (χ3v) is 6.63. The van der Waals surface area contributed by atoms with Gasteiger partial charge in [-0.25, -0.2) is 8.42 Å². The molecule has 0 aromatic heterocycles. The van der Waals surface area contributed by atoms with Crippen LogP contribution in [0.4, 0.5) is 0 Å². The first-order valence-electron chi connectivity index (χ1n) is 11.2. The van der Waals surface area contributed by atoms with Gasteiger partial charge in [-0.1, -0.05) is 69.3 Å². The summed E-state index contributed by atoms with van der Waals surface area (Å²) in [6.07, 6.45) is 12.1. The second-order valence-corrected chi connectivity index (χ2v) is 9.64. The number of nitrogens with zero attached hydrogens (tertiary/aromatic N) is 1. The SMILES string of the molecule is CCCCC[N+](CCl)(CCCCC)CCCCC.Cc1ccc(S(=O)(=O)[O-])cc1. The van der Waals surface area contributed by atoms with Crippen molar-refractivity contribution in [2.24, 2.45) is 0 Å². The van der Waals surface area contributed by atoms with Crippen LogP contribution in [0.1, 0.15) is 84.1 Å². The fourth-order valence-electron chi connectivity index (χ4n) is 3.31. The van der Waals surface area contributed by atoms with E-state index < -0.39 is 10.1 Å². The smallest absolute Gasteiger partial charge is 0.154 e. The average Bonchev–Trinajstić information content (AvgIpc) is 2.68. The van der Waals surface area contributed by atoms with Crippen LogP contribution in [0.15, 0.2) is 29.2 Å². The number of hydrogen-bond donors (Lipinski definition) is 0. The van der Waals surface area contributed by atoms with Crippen molar-refractivity contribution in [3.63, 3.8) is 0 Å². The van der Waals surface area contributed by atoms with Gasteiger partial charge in [0.25, 0.3) is 0 Å². The molecule has 0 atom stereocenters. The van der Waals surface area contributed by atoms with E-state index in [1.807, 2.05) is 6.92 Å². The van der Waals surface area contributed by atoms with Gasteiger partial charge < -0.3 is 9.04 Å². The number of unbranched alkanes of at least 4 members (excludes halogenated alkanes) is 6. The Morgan fingerprint density at radius 3 is 1.45 bits per heavy atom. The lowest BCUT2D eigenvalue weighted by atomic mass is 10.1. The zero-order valence-corrected chi connectivity index (χ0v) is 20.5. The van der Waals surface area contributed by atoms with Crippen LogP contribution in [0.2, 0.25) is 0 Å². The summed E-state index contributed by atoms with van der Waals surface area (Å²) in [4.78, 5) is -0.178. The van der Waals surface area contributed by atoms with E-state index in [-0.39, 0.29) is 4.90 Å². The van der Waals surface area contributed by atoms with E-state index in [9.17, 15) is 13.0 Å². The topological polar surface area (TPSA) is 57.2 Å². The Morgan fingerprint density at radius 2 is 1.17 bits per heavy atom. The van der Waals surface area contributed by atoms with E-state index in [1.54, 1.807) is 12.1 Å². The highest BCUT2D eigenvalue weighted by Gasteiger charge is 2.24. The highest BCUT2D eigenvalue weighted by atomic mass is 35.5. The molecule has 1 rings (SSSR count). The van der Waals surface area contributed by atoms with E-state index in [4.69, 9.17) is 11.6 Å². The lowest BCUT2D eigenvalue weighted by Gasteiger charge is -2.37. The van der Waals surface area contributed by atoms with Gasteiger partial charge in [0.1, 0.15) is 10.1 Å². The van der Waals surface area contributed by atoms with Crippen molar-refractivity contribution in [1.82, 2.24) is 0 Å². The summed E-state index contributed by atoms with van der Waals surface area (Å²) in [5.41, 5.74) is 0.928. The minimum atomic E-state index is -4.27. The Bertz CT molecular complexity index is 591. The summed E-state index contributed by atoms with van der Waals surface area (Å²) in [6.45, 7) is 12.6. The molecule has 0 saturated heterocycles. The lowest BCUT2D eigenvalue weighted by Crippen LogP contribution is -2.49. The molecule has 0 spiro atoms. The second-order valence-electron chi connectivity index (χ2n) is 8.02. The highest BCUT2D eigenvalue weighted by molar-refractivity contribution is 7.85. The summed E-state index contributed by atoms with van der Waals surface area (Å²) in [5, 5.41) is 0. The summed E-state index contributed by atoms with van der Waals surface area (Å²) in [7, 11) is -4.27. The Labute approximate surface area is 185 Å². The molecule has 0 aliphatic heterocycles. The molecular formula is C23H42ClNO3S. The molecule has 6 heteroatoms. The summed E-state index contributed by atoms with van der Waals surface area (Å²) < 4.78 is 32.3. The van der Waals surface area contributed by atoms with Crippen LogP contribution in [-0.2, 0) is 10.1 Å². The van der Waals surface area contributed by atoms with Gasteiger partial charge in [-0.2, -0.15) is 0 Å². The third kappa shape index (κ3) is 13.3. The molecule has 1 aromatic carbocycles. The van der Waals surface area contributed by atoms with Crippen molar-refractivity contribution in [3.05, 3.63) is 29.8 Å². The van der Waals surface area contributed by atoms with Crippen molar-refractivity contribution in [2.75, 3.05) is 25.6 Å². The van der Waals surface area contributed by atoms with Crippen LogP contribution >= 0.6 is 11.6 Å². The van der Waals surface area contributed by atoms with E-state index in [1.165, 1.54) is 94.0 Å². The molecule has 29 heavy (non-hydrogen) atoms. The molecule has 0 unspecified atom stereocenters. The standard InChI is InChI=1S/C16H35ClN.C7H8O3S/c1-4-7-10-13-18(16-17,14-11-8-5-2)15-12-9-6-3;1-6-2-4-7(5-3-6)11(8,9)10/h4-16H2,1-3H3;2-5H,1H3,(H,8,9,10)/q+1;/p-1. The number of rotatable bonds is 14. The molecule has 0 aliphatic carbocycles. The van der Waals surface area contributed by atoms with Crippen molar-refractivity contribution < 1.29 is 17.5 Å². The first kappa shape index (κ1) is 28.4. The Balaban J connectivity index is 0.000000604. The van der Waals surface area contributed by atoms with Crippen LogP contribution < -0.4 is 0 Å². The monoisotopic (exact) mass is 447 g/mol. The molecule has 4 nitrogen and oxygen atoms in total. The number of hydrogen-bond acceptors (Lipinski definition) is 3. The minimum Gasteiger partial charge on any atom is -0.744 e. The maximum atomic E-state index is 10.4. The fourth-order valence-corrected chi connectivity index (χ4v) is 4.14. The number of benzene rings is 1. The third-order valence-electron chi connectivity index (χ3n) is 5.27. The van der Waals surface area contributed by atoms with E-state index in [0.717, 1.165) is 11.6 Å². The van der Waals surface area contributed by atoms with Crippen molar-refractivity contribution >= 4 is 21.7 Å². The van der Waals surface area contributed by atoms with Gasteiger partial charge in [-0.15, -0.1) is 0 Å². The van der Waals surface area contributed by atoms with Crippen LogP contribution in [-0.4, -0.2) is 43.1 Å². The molecule has 0 radical (unpaired) electrons. The van der Waals surface area contributed by atoms with Crippen LogP contribution in [0.5, 0.6) is 0 Å². The highest BCUT2D eigenvalue weighted by Crippen LogP contribution is 2.17. The summed E-state index contributed by atoms with van der Waals surface area (Å²) in [6, 6.07) is 6.60. The van der Waals surface area contributed by atoms with Crippen LogP contribution in [0, 0.1) is 6.92 Å². The maximum Gasteiger partial charge on any atom is 0.154 e. The molecular weight excluding hydrogens is 406 g/mol. The summed E-state index contributed by atoms with van der Waals surface area (Å²) in [5.74, 6) is 0. The van der Waals surface area contributed by atoms with Crippen LogP contribution in [0.25, 0.3) is 0 Å². The Kier molecular flexibility index (Phi) is 15.8. The molecule has 0 heterocycles. The number of aryl methyl sites for hydroxylation is 1. The molecule has 170 valence electrons. The summed E-state index contributed by atoms with van der Waals surface area (Å²) >= 11 is 6.33. The molecule has 0 bridgehead atoms. The normalized spacial score (nSPS) is 11.8. The zero-order valence-electron chi connectivity index (χ0n) is 19.0. The first-order valence-corrected chi connectivity index (χ1v) is 13.1. The van der Waals surface area contributed by atoms with Crippen molar-refractivity contribution in [1.29, 1.82) is 0 Å². The van der Waals surface area contributed by atoms with Gasteiger partial charge in [0.05, 0.1) is 24.5 Å². The first-order chi connectivity index (χ1) is 13.7. The predicted octanol–water partition coefficient (Wildman–Crippen LogP) is 6.47. The van der Waals surface area contributed by atoms with Gasteiger partial charge in [-0.3, -0.25) is 0 Å². The number of halogens is 1. The quantitative estimate of drug-likeness (QED) is 0.108. The van der Waals surface area contributed by atoms with Gasteiger partial charge in [0.15, 0.2) is 6.00 Å². The minimum absolute atomic E-state index is 0.178. The van der Waals surface area contributed by atoms with E-state index >= 15 is 0 Å². The van der Waals surface area contributed by atoms with E-state index in [0.29, 0.717) is 0 Å². The van der Waals surface area contributed by atoms with Gasteiger partial charge in [0, 0.05) is 0 Å². The molecule has 0 amide bonds. The predicted molar refractivity (Wildman–Crippen MR) is 123 cm³/mol. The molecule has 0 N–H and O–H groups in total. The van der Waals surface area contributed by atoms with Crippen LogP contribution in [0.3, 0.4) is 0 Å². The van der Waals surface area contributed by atoms with Gasteiger partial charge in [-0.05, 0) is 57.6 Å². The molecule has 0 aliphatic rings. The Morgan fingerprint density at radius 1 is 0.793 bits per heavy atom. The Hall–Kier alpha value is -0.620. The van der Waals surface area contributed by atoms with Crippen molar-refractivity contribution in [3.8, 4) is 0 Å². The molecule has 0 saturated carbocycles. The van der Waals surface area contributed by atoms with E-state index in [2.05, 4.69) is 20.8 Å². The fraction of sp³-hybridized carbons (Fsp3) is 0.739. The lowest BCUT2D eigenvalue weighted by molar-refractivity contribution is -0.918. The zero-order chi connectivity index (χ0) is 22.2.